The van der Waals surface area contributed by atoms with E-state index in [1.165, 1.54) is 25.7 Å². The van der Waals surface area contributed by atoms with Gasteiger partial charge in [0.05, 0.1) is 6.10 Å². The van der Waals surface area contributed by atoms with E-state index in [1.807, 2.05) is 0 Å². The fourth-order valence-electron chi connectivity index (χ4n) is 1.96. The molecular formula is C11H21ClO. The molecule has 2 unspecified atom stereocenters. The predicted octanol–water partition coefficient (Wildman–Crippen LogP) is 3.60. The first-order chi connectivity index (χ1) is 6.34. The highest BCUT2D eigenvalue weighted by atomic mass is 35.5. The van der Waals surface area contributed by atoms with E-state index in [-0.39, 0.29) is 0 Å². The maximum Gasteiger partial charge on any atom is 0.0600 e. The Morgan fingerprint density at radius 2 is 2.00 bits per heavy atom. The second-order valence-corrected chi connectivity index (χ2v) is 4.45. The van der Waals surface area contributed by atoms with Crippen LogP contribution in [0, 0.1) is 5.92 Å². The van der Waals surface area contributed by atoms with Gasteiger partial charge < -0.3 is 4.74 Å². The first-order valence-corrected chi connectivity index (χ1v) is 6.05. The quantitative estimate of drug-likeness (QED) is 0.491. The maximum absolute atomic E-state index is 5.84. The molecule has 1 fully saturated rings. The minimum atomic E-state index is 0.532. The van der Waals surface area contributed by atoms with E-state index in [2.05, 4.69) is 6.92 Å². The van der Waals surface area contributed by atoms with Crippen molar-refractivity contribution in [2.75, 3.05) is 12.5 Å². The molecule has 0 bridgehead atoms. The van der Waals surface area contributed by atoms with Gasteiger partial charge in [-0.1, -0.05) is 19.8 Å². The molecule has 0 amide bonds. The van der Waals surface area contributed by atoms with Crippen LogP contribution >= 0.6 is 11.6 Å². The van der Waals surface area contributed by atoms with Gasteiger partial charge >= 0.3 is 0 Å². The summed E-state index contributed by atoms with van der Waals surface area (Å²) in [6.45, 7) is 3.22. The minimum Gasteiger partial charge on any atom is -0.378 e. The van der Waals surface area contributed by atoms with E-state index in [0.29, 0.717) is 6.10 Å². The van der Waals surface area contributed by atoms with Crippen molar-refractivity contribution in [3.05, 3.63) is 0 Å². The number of rotatable bonds is 5. The Morgan fingerprint density at radius 1 is 1.23 bits per heavy atom. The lowest BCUT2D eigenvalue weighted by molar-refractivity contribution is -0.00600. The Bertz CT molecular complexity index is 127. The van der Waals surface area contributed by atoms with Gasteiger partial charge in [-0.15, -0.1) is 11.6 Å². The summed E-state index contributed by atoms with van der Waals surface area (Å²) in [4.78, 5) is 0. The van der Waals surface area contributed by atoms with Crippen LogP contribution in [0.25, 0.3) is 0 Å². The van der Waals surface area contributed by atoms with Crippen molar-refractivity contribution in [2.45, 2.75) is 51.6 Å². The fourth-order valence-corrected chi connectivity index (χ4v) is 2.15. The van der Waals surface area contributed by atoms with E-state index >= 15 is 0 Å². The van der Waals surface area contributed by atoms with Gasteiger partial charge in [0.25, 0.3) is 0 Å². The van der Waals surface area contributed by atoms with Crippen LogP contribution in [-0.2, 0) is 4.74 Å². The molecular weight excluding hydrogens is 184 g/mol. The van der Waals surface area contributed by atoms with Crippen molar-refractivity contribution in [2.24, 2.45) is 5.92 Å². The second kappa shape index (κ2) is 6.67. The monoisotopic (exact) mass is 204 g/mol. The van der Waals surface area contributed by atoms with Crippen molar-refractivity contribution in [3.63, 3.8) is 0 Å². The molecule has 1 rings (SSSR count). The lowest BCUT2D eigenvalue weighted by Gasteiger charge is -2.28. The van der Waals surface area contributed by atoms with Gasteiger partial charge in [-0.05, 0) is 31.6 Å². The molecule has 0 aliphatic heterocycles. The van der Waals surface area contributed by atoms with Crippen LogP contribution in [-0.4, -0.2) is 18.6 Å². The zero-order valence-electron chi connectivity index (χ0n) is 8.60. The minimum absolute atomic E-state index is 0.532. The molecule has 0 spiro atoms. The topological polar surface area (TPSA) is 9.23 Å². The molecule has 78 valence electrons. The van der Waals surface area contributed by atoms with E-state index in [4.69, 9.17) is 16.3 Å². The number of alkyl halides is 1. The van der Waals surface area contributed by atoms with E-state index in [0.717, 1.165) is 31.2 Å². The number of ether oxygens (including phenoxy) is 1. The van der Waals surface area contributed by atoms with Crippen LogP contribution in [0.3, 0.4) is 0 Å². The molecule has 2 heteroatoms. The molecule has 1 saturated carbocycles. The van der Waals surface area contributed by atoms with E-state index in [1.54, 1.807) is 0 Å². The Morgan fingerprint density at radius 3 is 2.69 bits per heavy atom. The predicted molar refractivity (Wildman–Crippen MR) is 57.3 cm³/mol. The van der Waals surface area contributed by atoms with Gasteiger partial charge in [0.2, 0.25) is 0 Å². The number of hydrogen-bond acceptors (Lipinski definition) is 1. The zero-order chi connectivity index (χ0) is 9.52. The van der Waals surface area contributed by atoms with Crippen molar-refractivity contribution >= 4 is 11.6 Å². The summed E-state index contributed by atoms with van der Waals surface area (Å²) in [5.74, 6) is 1.54. The Hall–Kier alpha value is 0.250. The highest BCUT2D eigenvalue weighted by molar-refractivity contribution is 6.17. The van der Waals surface area contributed by atoms with Crippen LogP contribution in [0.4, 0.5) is 0 Å². The average molecular weight is 205 g/mol. The largest absolute Gasteiger partial charge is 0.378 e. The van der Waals surface area contributed by atoms with Gasteiger partial charge in [0.15, 0.2) is 0 Å². The average Bonchev–Trinajstić information content (AvgIpc) is 2.15. The summed E-state index contributed by atoms with van der Waals surface area (Å²) in [5, 5.41) is 0. The van der Waals surface area contributed by atoms with E-state index < -0.39 is 0 Å². The van der Waals surface area contributed by atoms with Crippen LogP contribution < -0.4 is 0 Å². The molecule has 13 heavy (non-hydrogen) atoms. The SMILES string of the molecule is CC1CCCCC1OCCCCCl. The molecule has 0 heterocycles. The first kappa shape index (κ1) is 11.3. The highest BCUT2D eigenvalue weighted by Gasteiger charge is 2.21. The van der Waals surface area contributed by atoms with Gasteiger partial charge in [-0.3, -0.25) is 0 Å². The Balaban J connectivity index is 2.05. The lowest BCUT2D eigenvalue weighted by atomic mass is 9.88. The summed E-state index contributed by atoms with van der Waals surface area (Å²) < 4.78 is 5.84. The highest BCUT2D eigenvalue weighted by Crippen LogP contribution is 2.26. The summed E-state index contributed by atoms with van der Waals surface area (Å²) >= 11 is 5.60. The van der Waals surface area contributed by atoms with Crippen molar-refractivity contribution in [3.8, 4) is 0 Å². The zero-order valence-corrected chi connectivity index (χ0v) is 9.35. The Kier molecular flexibility index (Phi) is 5.81. The molecule has 1 aliphatic rings. The van der Waals surface area contributed by atoms with Gasteiger partial charge in [-0.25, -0.2) is 0 Å². The summed E-state index contributed by atoms with van der Waals surface area (Å²) in [5.41, 5.74) is 0. The Labute approximate surface area is 86.8 Å². The fraction of sp³-hybridized carbons (Fsp3) is 1.00. The van der Waals surface area contributed by atoms with Crippen LogP contribution in [0.1, 0.15) is 45.4 Å². The van der Waals surface area contributed by atoms with Crippen molar-refractivity contribution in [1.82, 2.24) is 0 Å². The molecule has 0 saturated heterocycles. The first-order valence-electron chi connectivity index (χ1n) is 5.52. The summed E-state index contributed by atoms with van der Waals surface area (Å²) in [6, 6.07) is 0. The molecule has 0 N–H and O–H groups in total. The number of hydrogen-bond donors (Lipinski definition) is 0. The molecule has 0 aromatic rings. The van der Waals surface area contributed by atoms with Crippen LogP contribution in [0.5, 0.6) is 0 Å². The number of halogens is 1. The molecule has 0 aromatic heterocycles. The van der Waals surface area contributed by atoms with Gasteiger partial charge in [-0.2, -0.15) is 0 Å². The normalized spacial score (nSPS) is 29.1. The lowest BCUT2D eigenvalue weighted by Crippen LogP contribution is -2.25. The molecule has 1 aliphatic carbocycles. The second-order valence-electron chi connectivity index (χ2n) is 4.07. The molecule has 0 aromatic carbocycles. The third-order valence-corrected chi connectivity index (χ3v) is 3.16. The van der Waals surface area contributed by atoms with Crippen LogP contribution in [0.15, 0.2) is 0 Å². The van der Waals surface area contributed by atoms with Crippen LogP contribution in [0.2, 0.25) is 0 Å². The molecule has 2 atom stereocenters. The van der Waals surface area contributed by atoms with Gasteiger partial charge in [0, 0.05) is 12.5 Å². The summed E-state index contributed by atoms with van der Waals surface area (Å²) in [6.07, 6.45) is 8.09. The summed E-state index contributed by atoms with van der Waals surface area (Å²) in [7, 11) is 0. The van der Waals surface area contributed by atoms with Crippen molar-refractivity contribution < 1.29 is 4.74 Å². The third-order valence-electron chi connectivity index (χ3n) is 2.89. The third kappa shape index (κ3) is 4.33. The van der Waals surface area contributed by atoms with E-state index in [9.17, 15) is 0 Å². The van der Waals surface area contributed by atoms with Crippen molar-refractivity contribution in [1.29, 1.82) is 0 Å². The maximum atomic E-state index is 5.84. The smallest absolute Gasteiger partial charge is 0.0600 e. The van der Waals surface area contributed by atoms with Gasteiger partial charge in [0.1, 0.15) is 0 Å². The molecule has 0 radical (unpaired) electrons. The standard InChI is InChI=1S/C11H21ClO/c1-10-6-2-3-7-11(10)13-9-5-4-8-12/h10-11H,2-9H2,1H3. The molecule has 1 nitrogen and oxygen atoms in total. The number of unbranched alkanes of at least 4 members (excludes halogenated alkanes) is 1.